The molecule has 0 bridgehead atoms. The fourth-order valence-electron chi connectivity index (χ4n) is 0.729. The highest BCUT2D eigenvalue weighted by molar-refractivity contribution is 9.10. The minimum atomic E-state index is -0.314. The number of hydrogen-bond acceptors (Lipinski definition) is 0. The van der Waals surface area contributed by atoms with Crippen LogP contribution in [0.1, 0.15) is 5.56 Å². The zero-order valence-corrected chi connectivity index (χ0v) is 7.23. The lowest BCUT2D eigenvalue weighted by Gasteiger charge is -1.94. The second kappa shape index (κ2) is 3.49. The predicted octanol–water partition coefficient (Wildman–Crippen LogP) is 3.01. The van der Waals surface area contributed by atoms with Crippen LogP contribution in [0.4, 0.5) is 4.39 Å². The molecule has 0 aliphatic heterocycles. The van der Waals surface area contributed by atoms with Crippen LogP contribution in [0.5, 0.6) is 0 Å². The van der Waals surface area contributed by atoms with Crippen molar-refractivity contribution in [1.29, 1.82) is 0 Å². The van der Waals surface area contributed by atoms with Gasteiger partial charge in [-0.1, -0.05) is 6.07 Å². The lowest BCUT2D eigenvalue weighted by Crippen LogP contribution is -1.82. The molecule has 56 valence electrons. The van der Waals surface area contributed by atoms with Crippen molar-refractivity contribution in [2.45, 2.75) is 6.54 Å². The largest absolute Gasteiger partial charge is 0.312 e. The van der Waals surface area contributed by atoms with Gasteiger partial charge < -0.3 is 4.85 Å². The Morgan fingerprint density at radius 1 is 1.55 bits per heavy atom. The monoisotopic (exact) mass is 213 g/mol. The summed E-state index contributed by atoms with van der Waals surface area (Å²) in [4.78, 5) is 3.14. The lowest BCUT2D eigenvalue weighted by molar-refractivity contribution is 0.619. The number of halogens is 2. The molecule has 0 spiro atoms. The molecule has 0 radical (unpaired) electrons. The number of rotatable bonds is 1. The maximum Gasteiger partial charge on any atom is 0.239 e. The Labute approximate surface area is 72.8 Å². The first-order valence-electron chi connectivity index (χ1n) is 3.01. The number of nitrogens with zero attached hydrogens (tertiary/aromatic N) is 1. The molecule has 11 heavy (non-hydrogen) atoms. The van der Waals surface area contributed by atoms with Crippen LogP contribution in [0, 0.1) is 12.4 Å². The third kappa shape index (κ3) is 2.02. The van der Waals surface area contributed by atoms with Crippen LogP contribution < -0.4 is 0 Å². The standard InChI is InChI=1S/C8H5BrFN/c1-11-5-6-2-3-7(9)8(10)4-6/h2-4H,5H2. The second-order valence-electron chi connectivity index (χ2n) is 2.06. The van der Waals surface area contributed by atoms with Crippen molar-refractivity contribution in [3.8, 4) is 0 Å². The third-order valence-electron chi connectivity index (χ3n) is 1.25. The van der Waals surface area contributed by atoms with E-state index in [1.54, 1.807) is 12.1 Å². The Morgan fingerprint density at radius 3 is 2.82 bits per heavy atom. The van der Waals surface area contributed by atoms with Crippen LogP contribution in [0.25, 0.3) is 4.85 Å². The van der Waals surface area contributed by atoms with E-state index in [4.69, 9.17) is 6.57 Å². The first kappa shape index (κ1) is 8.22. The molecule has 1 rings (SSSR count). The maximum absolute atomic E-state index is 12.8. The van der Waals surface area contributed by atoms with E-state index >= 15 is 0 Å². The van der Waals surface area contributed by atoms with Gasteiger partial charge in [-0.2, -0.15) is 0 Å². The Bertz CT molecular complexity index is 303. The van der Waals surface area contributed by atoms with E-state index in [1.807, 2.05) is 0 Å². The highest BCUT2D eigenvalue weighted by atomic mass is 79.9. The van der Waals surface area contributed by atoms with Crippen LogP contribution in [0.3, 0.4) is 0 Å². The molecule has 3 heteroatoms. The minimum Gasteiger partial charge on any atom is -0.312 e. The predicted molar refractivity (Wildman–Crippen MR) is 44.4 cm³/mol. The van der Waals surface area contributed by atoms with Gasteiger partial charge in [-0.3, -0.25) is 0 Å². The smallest absolute Gasteiger partial charge is 0.239 e. The van der Waals surface area contributed by atoms with Crippen molar-refractivity contribution >= 4 is 15.9 Å². The van der Waals surface area contributed by atoms with Crippen LogP contribution in [0.2, 0.25) is 0 Å². The van der Waals surface area contributed by atoms with E-state index < -0.39 is 0 Å². The minimum absolute atomic E-state index is 0.240. The fourth-order valence-corrected chi connectivity index (χ4v) is 0.976. The van der Waals surface area contributed by atoms with E-state index in [2.05, 4.69) is 20.8 Å². The highest BCUT2D eigenvalue weighted by Crippen LogP contribution is 2.16. The molecule has 1 aromatic rings. The molecule has 0 N–H and O–H groups in total. The molecule has 1 aromatic carbocycles. The van der Waals surface area contributed by atoms with Gasteiger partial charge in [-0.25, -0.2) is 11.0 Å². The van der Waals surface area contributed by atoms with Crippen molar-refractivity contribution in [1.82, 2.24) is 0 Å². The zero-order valence-electron chi connectivity index (χ0n) is 5.64. The zero-order chi connectivity index (χ0) is 8.27. The van der Waals surface area contributed by atoms with E-state index in [-0.39, 0.29) is 12.4 Å². The molecule has 0 saturated heterocycles. The maximum atomic E-state index is 12.8. The average Bonchev–Trinajstić information content (AvgIpc) is 1.98. The highest BCUT2D eigenvalue weighted by Gasteiger charge is 2.00. The summed E-state index contributed by atoms with van der Waals surface area (Å²) in [5.74, 6) is -0.314. The van der Waals surface area contributed by atoms with Gasteiger partial charge in [0, 0.05) is 5.56 Å². The van der Waals surface area contributed by atoms with Crippen molar-refractivity contribution in [3.63, 3.8) is 0 Å². The van der Waals surface area contributed by atoms with E-state index in [1.165, 1.54) is 6.07 Å². The van der Waals surface area contributed by atoms with Gasteiger partial charge in [-0.15, -0.1) is 0 Å². The van der Waals surface area contributed by atoms with Crippen LogP contribution in [-0.4, -0.2) is 0 Å². The Morgan fingerprint density at radius 2 is 2.27 bits per heavy atom. The fraction of sp³-hybridized carbons (Fsp3) is 0.125. The van der Waals surface area contributed by atoms with Gasteiger partial charge in [0.25, 0.3) is 0 Å². The summed E-state index contributed by atoms with van der Waals surface area (Å²) in [6, 6.07) is 4.70. The topological polar surface area (TPSA) is 4.36 Å². The number of hydrogen-bond donors (Lipinski definition) is 0. The van der Waals surface area contributed by atoms with Gasteiger partial charge in [0.15, 0.2) is 0 Å². The molecule has 0 atom stereocenters. The molecule has 0 unspecified atom stereocenters. The van der Waals surface area contributed by atoms with Gasteiger partial charge in [0.1, 0.15) is 5.82 Å². The molecular formula is C8H5BrFN. The van der Waals surface area contributed by atoms with E-state index in [9.17, 15) is 4.39 Å². The van der Waals surface area contributed by atoms with Crippen molar-refractivity contribution in [3.05, 3.63) is 45.5 Å². The summed E-state index contributed by atoms with van der Waals surface area (Å²) in [5.41, 5.74) is 0.709. The Kier molecular flexibility index (Phi) is 2.61. The van der Waals surface area contributed by atoms with Crippen LogP contribution in [0.15, 0.2) is 22.7 Å². The van der Waals surface area contributed by atoms with Crippen LogP contribution in [-0.2, 0) is 6.54 Å². The first-order valence-corrected chi connectivity index (χ1v) is 3.80. The van der Waals surface area contributed by atoms with Gasteiger partial charge >= 0.3 is 0 Å². The summed E-state index contributed by atoms with van der Waals surface area (Å²) in [6.45, 7) is 6.80. The van der Waals surface area contributed by atoms with Crippen LogP contribution >= 0.6 is 15.9 Å². The van der Waals surface area contributed by atoms with E-state index in [0.717, 1.165) is 0 Å². The molecule has 0 fully saturated rings. The van der Waals surface area contributed by atoms with Gasteiger partial charge in [0.2, 0.25) is 6.54 Å². The van der Waals surface area contributed by atoms with E-state index in [0.29, 0.717) is 10.0 Å². The third-order valence-corrected chi connectivity index (χ3v) is 1.89. The average molecular weight is 214 g/mol. The summed E-state index contributed by atoms with van der Waals surface area (Å²) >= 11 is 3.03. The van der Waals surface area contributed by atoms with Crippen molar-refractivity contribution in [2.75, 3.05) is 0 Å². The SMILES string of the molecule is [C-]#[N+]Cc1ccc(Br)c(F)c1. The molecule has 1 nitrogen and oxygen atoms in total. The molecular weight excluding hydrogens is 209 g/mol. The van der Waals surface area contributed by atoms with Gasteiger partial charge in [-0.05, 0) is 28.1 Å². The Hall–Kier alpha value is -0.880. The summed E-state index contributed by atoms with van der Waals surface area (Å²) in [5, 5.41) is 0. The first-order chi connectivity index (χ1) is 5.24. The van der Waals surface area contributed by atoms with Gasteiger partial charge in [0.05, 0.1) is 4.47 Å². The molecule has 0 saturated carbocycles. The molecule has 0 aliphatic rings. The summed E-state index contributed by atoms with van der Waals surface area (Å²) < 4.78 is 13.2. The van der Waals surface area contributed by atoms with Crippen molar-refractivity contribution < 1.29 is 4.39 Å². The molecule has 0 amide bonds. The normalized spacial score (nSPS) is 9.18. The Balaban J connectivity index is 2.98. The second-order valence-corrected chi connectivity index (χ2v) is 2.92. The molecule has 0 heterocycles. The molecule has 0 aromatic heterocycles. The summed E-state index contributed by atoms with van der Waals surface area (Å²) in [6.07, 6.45) is 0. The number of benzene rings is 1. The lowest BCUT2D eigenvalue weighted by atomic mass is 10.2. The summed E-state index contributed by atoms with van der Waals surface area (Å²) in [7, 11) is 0. The molecule has 0 aliphatic carbocycles. The quantitative estimate of drug-likeness (QED) is 0.633. The van der Waals surface area contributed by atoms with Crippen molar-refractivity contribution in [2.24, 2.45) is 0 Å².